The first kappa shape index (κ1) is 12.2. The number of carbonyl (C=O) groups is 2. The Morgan fingerprint density at radius 3 is 2.67 bits per heavy atom. The summed E-state index contributed by atoms with van der Waals surface area (Å²) in [5, 5.41) is 0. The van der Waals surface area contributed by atoms with Crippen molar-refractivity contribution in [1.29, 1.82) is 0 Å². The van der Waals surface area contributed by atoms with E-state index in [1.165, 1.54) is 6.92 Å². The van der Waals surface area contributed by atoms with Crippen LogP contribution in [0.4, 0.5) is 0 Å². The number of esters is 1. The quantitative estimate of drug-likeness (QED) is 0.283. The van der Waals surface area contributed by atoms with Gasteiger partial charge in [-0.15, -0.1) is 0 Å². The lowest BCUT2D eigenvalue weighted by Gasteiger charge is -2.09. The second-order valence-electron chi connectivity index (χ2n) is 3.18. The molecule has 3 nitrogen and oxygen atoms in total. The third-order valence-electron chi connectivity index (χ3n) is 1.89. The zero-order valence-electron chi connectivity index (χ0n) is 8.54. The number of hydrogen-bond donors (Lipinski definition) is 0. The summed E-state index contributed by atoms with van der Waals surface area (Å²) in [6.45, 7) is 3.14. The van der Waals surface area contributed by atoms with Gasteiger partial charge in [-0.3, -0.25) is 9.59 Å². The number of alkyl halides is 1. The maximum atomic E-state index is 10.8. The number of aryl methyl sites for hydroxylation is 1. The Morgan fingerprint density at radius 1 is 1.53 bits per heavy atom. The van der Waals surface area contributed by atoms with Gasteiger partial charge in [0.05, 0.1) is 5.56 Å². The number of hydrogen-bond acceptors (Lipinski definition) is 3. The Labute approximate surface area is 102 Å². The van der Waals surface area contributed by atoms with Crippen molar-refractivity contribution in [3.63, 3.8) is 0 Å². The van der Waals surface area contributed by atoms with Crippen LogP contribution >= 0.6 is 22.6 Å². The van der Waals surface area contributed by atoms with E-state index >= 15 is 0 Å². The number of benzene rings is 1. The van der Waals surface area contributed by atoms with Crippen LogP contribution < -0.4 is 4.74 Å². The van der Waals surface area contributed by atoms with E-state index < -0.39 is 5.97 Å². The molecule has 0 amide bonds. The third-order valence-corrected chi connectivity index (χ3v) is 2.77. The van der Waals surface area contributed by atoms with Crippen LogP contribution in [-0.2, 0) is 9.22 Å². The minimum absolute atomic E-state index is 0.367. The lowest BCUT2D eigenvalue weighted by Crippen LogP contribution is -2.06. The molecule has 0 aliphatic heterocycles. The van der Waals surface area contributed by atoms with Gasteiger partial charge in [-0.25, -0.2) is 0 Å². The molecule has 0 saturated carbocycles. The highest BCUT2D eigenvalue weighted by Crippen LogP contribution is 2.25. The molecule has 0 bridgehead atoms. The molecule has 4 heteroatoms. The van der Waals surface area contributed by atoms with Gasteiger partial charge < -0.3 is 4.74 Å². The van der Waals surface area contributed by atoms with E-state index in [-0.39, 0.29) is 0 Å². The fourth-order valence-electron chi connectivity index (χ4n) is 1.33. The molecule has 15 heavy (non-hydrogen) atoms. The van der Waals surface area contributed by atoms with Crippen molar-refractivity contribution in [2.24, 2.45) is 0 Å². The lowest BCUT2D eigenvalue weighted by molar-refractivity contribution is -0.131. The third kappa shape index (κ3) is 3.02. The summed E-state index contributed by atoms with van der Waals surface area (Å²) in [6.07, 6.45) is 0.709. The van der Waals surface area contributed by atoms with E-state index in [1.807, 2.05) is 13.0 Å². The molecule has 0 heterocycles. The van der Waals surface area contributed by atoms with Crippen molar-refractivity contribution < 1.29 is 14.3 Å². The number of aldehydes is 1. The summed E-state index contributed by atoms with van der Waals surface area (Å²) in [6, 6.07) is 3.66. The SMILES string of the molecule is CC(=O)Oc1c(C)cc(CI)cc1C=O. The Morgan fingerprint density at radius 2 is 2.20 bits per heavy atom. The normalized spacial score (nSPS) is 9.80. The average Bonchev–Trinajstić information content (AvgIpc) is 2.20. The molecule has 0 aliphatic rings. The van der Waals surface area contributed by atoms with Crippen LogP contribution in [0.5, 0.6) is 5.75 Å². The summed E-state index contributed by atoms with van der Waals surface area (Å²) in [7, 11) is 0. The number of halogens is 1. The van der Waals surface area contributed by atoms with E-state index in [0.29, 0.717) is 17.6 Å². The van der Waals surface area contributed by atoms with E-state index in [2.05, 4.69) is 22.6 Å². The van der Waals surface area contributed by atoms with Crippen molar-refractivity contribution in [3.05, 3.63) is 28.8 Å². The van der Waals surface area contributed by atoms with Crippen LogP contribution in [0.1, 0.15) is 28.4 Å². The van der Waals surface area contributed by atoms with Crippen molar-refractivity contribution in [2.45, 2.75) is 18.3 Å². The Kier molecular flexibility index (Phi) is 4.26. The van der Waals surface area contributed by atoms with Crippen molar-refractivity contribution in [2.75, 3.05) is 0 Å². The molecule has 0 unspecified atom stereocenters. The fourth-order valence-corrected chi connectivity index (χ4v) is 1.77. The Bertz CT molecular complexity index is 399. The van der Waals surface area contributed by atoms with E-state index in [4.69, 9.17) is 4.74 Å². The molecule has 0 fully saturated rings. The Balaban J connectivity index is 3.24. The summed E-state index contributed by atoms with van der Waals surface area (Å²) >= 11 is 2.22. The van der Waals surface area contributed by atoms with Gasteiger partial charge in [-0.05, 0) is 24.1 Å². The first-order chi connectivity index (χ1) is 7.08. The fraction of sp³-hybridized carbons (Fsp3) is 0.273. The van der Waals surface area contributed by atoms with Gasteiger partial charge in [0.1, 0.15) is 5.75 Å². The highest BCUT2D eigenvalue weighted by atomic mass is 127. The van der Waals surface area contributed by atoms with E-state index in [0.717, 1.165) is 15.6 Å². The van der Waals surface area contributed by atoms with Crippen LogP contribution in [0.3, 0.4) is 0 Å². The van der Waals surface area contributed by atoms with Crippen LogP contribution in [0, 0.1) is 6.92 Å². The highest BCUT2D eigenvalue weighted by molar-refractivity contribution is 14.1. The maximum absolute atomic E-state index is 10.8. The minimum atomic E-state index is -0.413. The molecule has 0 N–H and O–H groups in total. The van der Waals surface area contributed by atoms with Crippen LogP contribution in [0.2, 0.25) is 0 Å². The summed E-state index contributed by atoms with van der Waals surface area (Å²) in [4.78, 5) is 21.7. The van der Waals surface area contributed by atoms with Gasteiger partial charge in [0.15, 0.2) is 6.29 Å². The van der Waals surface area contributed by atoms with Gasteiger partial charge >= 0.3 is 5.97 Å². The molecule has 0 radical (unpaired) electrons. The molecule has 1 aromatic rings. The van der Waals surface area contributed by atoms with E-state index in [1.54, 1.807) is 6.07 Å². The Hall–Kier alpha value is -0.910. The van der Waals surface area contributed by atoms with Gasteiger partial charge in [0.25, 0.3) is 0 Å². The van der Waals surface area contributed by atoms with Crippen LogP contribution in [-0.4, -0.2) is 12.3 Å². The zero-order chi connectivity index (χ0) is 11.4. The summed E-state index contributed by atoms with van der Waals surface area (Å²) in [5.41, 5.74) is 2.28. The smallest absolute Gasteiger partial charge is 0.308 e. The molecule has 1 aromatic carbocycles. The van der Waals surface area contributed by atoms with Crippen molar-refractivity contribution >= 4 is 34.8 Å². The monoisotopic (exact) mass is 318 g/mol. The molecule has 0 saturated heterocycles. The van der Waals surface area contributed by atoms with Gasteiger partial charge in [0, 0.05) is 11.4 Å². The molecule has 1 rings (SSSR count). The maximum Gasteiger partial charge on any atom is 0.308 e. The second kappa shape index (κ2) is 5.25. The predicted octanol–water partition coefficient (Wildman–Crippen LogP) is 2.67. The molecular formula is C11H11IO3. The average molecular weight is 318 g/mol. The standard InChI is InChI=1S/C11H11IO3/c1-7-3-9(5-12)4-10(6-13)11(7)15-8(2)14/h3-4,6H,5H2,1-2H3. The zero-order valence-corrected chi connectivity index (χ0v) is 10.7. The van der Waals surface area contributed by atoms with Crippen LogP contribution in [0.15, 0.2) is 12.1 Å². The number of carbonyl (C=O) groups excluding carboxylic acids is 2. The molecular weight excluding hydrogens is 307 g/mol. The van der Waals surface area contributed by atoms with Gasteiger partial charge in [-0.2, -0.15) is 0 Å². The highest BCUT2D eigenvalue weighted by Gasteiger charge is 2.10. The molecule has 0 aromatic heterocycles. The largest absolute Gasteiger partial charge is 0.426 e. The first-order valence-electron chi connectivity index (χ1n) is 4.41. The molecule has 0 aliphatic carbocycles. The lowest BCUT2D eigenvalue weighted by atomic mass is 10.1. The second-order valence-corrected chi connectivity index (χ2v) is 3.94. The van der Waals surface area contributed by atoms with Gasteiger partial charge in [0.2, 0.25) is 0 Å². The number of rotatable bonds is 3. The molecule has 80 valence electrons. The minimum Gasteiger partial charge on any atom is -0.426 e. The van der Waals surface area contributed by atoms with Crippen molar-refractivity contribution in [3.8, 4) is 5.75 Å². The first-order valence-corrected chi connectivity index (χ1v) is 5.94. The van der Waals surface area contributed by atoms with Crippen molar-refractivity contribution in [1.82, 2.24) is 0 Å². The van der Waals surface area contributed by atoms with Gasteiger partial charge in [-0.1, -0.05) is 28.7 Å². The molecule has 0 spiro atoms. The predicted molar refractivity (Wildman–Crippen MR) is 65.6 cm³/mol. The topological polar surface area (TPSA) is 43.4 Å². The number of ether oxygens (including phenoxy) is 1. The summed E-state index contributed by atoms with van der Waals surface area (Å²) < 4.78 is 5.81. The van der Waals surface area contributed by atoms with Crippen LogP contribution in [0.25, 0.3) is 0 Å². The van der Waals surface area contributed by atoms with E-state index in [9.17, 15) is 9.59 Å². The molecule has 0 atom stereocenters. The summed E-state index contributed by atoms with van der Waals surface area (Å²) in [5.74, 6) is -0.0467.